The summed E-state index contributed by atoms with van der Waals surface area (Å²) >= 11 is 0. The van der Waals surface area contributed by atoms with Gasteiger partial charge in [-0.15, -0.1) is 0 Å². The maximum Gasteiger partial charge on any atom is 0.407 e. The van der Waals surface area contributed by atoms with Gasteiger partial charge in [0.15, 0.2) is 5.76 Å². The number of nitrogens with one attached hydrogen (secondary N) is 1. The Morgan fingerprint density at radius 1 is 1.08 bits per heavy atom. The van der Waals surface area contributed by atoms with Crippen molar-refractivity contribution in [3.63, 3.8) is 0 Å². The molecule has 5 nitrogen and oxygen atoms in total. The molecule has 0 saturated carbocycles. The van der Waals surface area contributed by atoms with Crippen molar-refractivity contribution in [3.05, 3.63) is 84.1 Å². The monoisotopic (exact) mass is 348 g/mol. The van der Waals surface area contributed by atoms with E-state index in [0.717, 1.165) is 28.9 Å². The normalized spacial score (nSPS) is 10.8. The average Bonchev–Trinajstić information content (AvgIpc) is 3.22. The van der Waals surface area contributed by atoms with Crippen LogP contribution in [-0.4, -0.2) is 17.8 Å². The van der Waals surface area contributed by atoms with Gasteiger partial charge in [0.05, 0.1) is 6.20 Å². The van der Waals surface area contributed by atoms with Crippen molar-refractivity contribution in [1.82, 2.24) is 10.5 Å². The molecule has 3 aromatic rings. The SMILES string of the molecule is O=C(NCCC=Cc1ccc(-c2ccno2)cc1)OCc1ccccc1. The van der Waals surface area contributed by atoms with Crippen molar-refractivity contribution >= 4 is 12.2 Å². The number of benzene rings is 2. The lowest BCUT2D eigenvalue weighted by molar-refractivity contribution is 0.140. The minimum Gasteiger partial charge on any atom is -0.445 e. The van der Waals surface area contributed by atoms with Gasteiger partial charge in [-0.05, 0) is 17.5 Å². The molecular formula is C21H20N2O3. The Kier molecular flexibility index (Phi) is 6.20. The Morgan fingerprint density at radius 3 is 2.62 bits per heavy atom. The Bertz CT molecular complexity index is 825. The summed E-state index contributed by atoms with van der Waals surface area (Å²) in [6.07, 6.45) is 5.98. The minimum atomic E-state index is -0.404. The molecule has 0 spiro atoms. The second-order valence-corrected chi connectivity index (χ2v) is 5.68. The van der Waals surface area contributed by atoms with Gasteiger partial charge in [0.25, 0.3) is 0 Å². The van der Waals surface area contributed by atoms with Crippen LogP contribution in [0.1, 0.15) is 17.5 Å². The molecule has 3 rings (SSSR count). The van der Waals surface area contributed by atoms with Gasteiger partial charge >= 0.3 is 6.09 Å². The first-order valence-electron chi connectivity index (χ1n) is 8.43. The number of amides is 1. The van der Waals surface area contributed by atoms with Crippen molar-refractivity contribution in [1.29, 1.82) is 0 Å². The van der Waals surface area contributed by atoms with E-state index < -0.39 is 6.09 Å². The smallest absolute Gasteiger partial charge is 0.407 e. The highest BCUT2D eigenvalue weighted by atomic mass is 16.5. The summed E-state index contributed by atoms with van der Waals surface area (Å²) in [5, 5.41) is 6.44. The lowest BCUT2D eigenvalue weighted by Gasteiger charge is -2.05. The van der Waals surface area contributed by atoms with Gasteiger partial charge < -0.3 is 14.6 Å². The van der Waals surface area contributed by atoms with E-state index in [9.17, 15) is 4.79 Å². The lowest BCUT2D eigenvalue weighted by atomic mass is 10.1. The first-order valence-corrected chi connectivity index (χ1v) is 8.43. The van der Waals surface area contributed by atoms with Crippen LogP contribution >= 0.6 is 0 Å². The zero-order chi connectivity index (χ0) is 18.0. The zero-order valence-corrected chi connectivity index (χ0v) is 14.3. The van der Waals surface area contributed by atoms with E-state index in [0.29, 0.717) is 6.54 Å². The number of rotatable bonds is 7. The highest BCUT2D eigenvalue weighted by Gasteiger charge is 2.01. The molecule has 5 heteroatoms. The van der Waals surface area contributed by atoms with E-state index in [1.165, 1.54) is 0 Å². The summed E-state index contributed by atoms with van der Waals surface area (Å²) in [6, 6.07) is 19.4. The van der Waals surface area contributed by atoms with E-state index in [4.69, 9.17) is 9.26 Å². The lowest BCUT2D eigenvalue weighted by Crippen LogP contribution is -2.24. The predicted molar refractivity (Wildman–Crippen MR) is 100 cm³/mol. The van der Waals surface area contributed by atoms with E-state index in [1.807, 2.05) is 72.8 Å². The van der Waals surface area contributed by atoms with Crippen molar-refractivity contribution in [2.75, 3.05) is 6.54 Å². The fourth-order valence-electron chi connectivity index (χ4n) is 2.37. The van der Waals surface area contributed by atoms with E-state index in [1.54, 1.807) is 6.20 Å². The first-order chi connectivity index (χ1) is 12.8. The largest absolute Gasteiger partial charge is 0.445 e. The van der Waals surface area contributed by atoms with Crippen molar-refractivity contribution in [2.24, 2.45) is 0 Å². The highest BCUT2D eigenvalue weighted by Crippen LogP contribution is 2.19. The van der Waals surface area contributed by atoms with Gasteiger partial charge in [0.2, 0.25) is 0 Å². The zero-order valence-electron chi connectivity index (χ0n) is 14.3. The molecule has 132 valence electrons. The maximum atomic E-state index is 11.6. The summed E-state index contributed by atoms with van der Waals surface area (Å²) in [4.78, 5) is 11.6. The van der Waals surface area contributed by atoms with E-state index >= 15 is 0 Å². The Balaban J connectivity index is 1.36. The van der Waals surface area contributed by atoms with Crippen LogP contribution in [0.25, 0.3) is 17.4 Å². The summed E-state index contributed by atoms with van der Waals surface area (Å²) in [5.74, 6) is 0.749. The topological polar surface area (TPSA) is 64.4 Å². The third-order valence-electron chi connectivity index (χ3n) is 3.74. The number of carbonyl (C=O) groups is 1. The summed E-state index contributed by atoms with van der Waals surface area (Å²) < 4.78 is 10.3. The molecule has 0 aliphatic carbocycles. The fourth-order valence-corrected chi connectivity index (χ4v) is 2.37. The van der Waals surface area contributed by atoms with Crippen LogP contribution in [-0.2, 0) is 11.3 Å². The Labute approximate surface area is 152 Å². The third kappa shape index (κ3) is 5.34. The molecule has 0 radical (unpaired) electrons. The second-order valence-electron chi connectivity index (χ2n) is 5.68. The molecule has 0 bridgehead atoms. The molecule has 1 aromatic heterocycles. The third-order valence-corrected chi connectivity index (χ3v) is 3.74. The van der Waals surface area contributed by atoms with Gasteiger partial charge in [-0.25, -0.2) is 4.79 Å². The summed E-state index contributed by atoms with van der Waals surface area (Å²) in [6.45, 7) is 0.806. The fraction of sp³-hybridized carbons (Fsp3) is 0.143. The number of nitrogens with zero attached hydrogens (tertiary/aromatic N) is 1. The predicted octanol–water partition coefficient (Wildman–Crippen LogP) is 4.67. The molecule has 0 atom stereocenters. The standard InChI is InChI=1S/C21H20N2O3/c24-21(25-16-18-7-2-1-3-8-18)22-14-5-4-6-17-9-11-19(12-10-17)20-13-15-23-26-20/h1-4,6-13,15H,5,14,16H2,(H,22,24). The highest BCUT2D eigenvalue weighted by molar-refractivity contribution is 5.67. The van der Waals surface area contributed by atoms with Crippen LogP contribution < -0.4 is 5.32 Å². The maximum absolute atomic E-state index is 11.6. The van der Waals surface area contributed by atoms with Gasteiger partial charge in [-0.3, -0.25) is 0 Å². The molecule has 0 saturated heterocycles. The molecule has 0 aliphatic rings. The van der Waals surface area contributed by atoms with Crippen molar-refractivity contribution < 1.29 is 14.1 Å². The molecule has 0 unspecified atom stereocenters. The molecule has 0 fully saturated rings. The Morgan fingerprint density at radius 2 is 1.88 bits per heavy atom. The molecule has 1 heterocycles. The number of aromatic nitrogens is 1. The van der Waals surface area contributed by atoms with Gasteiger partial charge in [-0.1, -0.05) is 71.9 Å². The van der Waals surface area contributed by atoms with Crippen LogP contribution in [0, 0.1) is 0 Å². The first kappa shape index (κ1) is 17.5. The quantitative estimate of drug-likeness (QED) is 0.630. The molecular weight excluding hydrogens is 328 g/mol. The number of hydrogen-bond acceptors (Lipinski definition) is 4. The number of carbonyl (C=O) groups excluding carboxylic acids is 1. The molecule has 26 heavy (non-hydrogen) atoms. The average molecular weight is 348 g/mol. The number of ether oxygens (including phenoxy) is 1. The molecule has 1 N–H and O–H groups in total. The van der Waals surface area contributed by atoms with Crippen LogP contribution in [0.15, 0.2) is 77.5 Å². The van der Waals surface area contributed by atoms with Crippen LogP contribution in [0.3, 0.4) is 0 Å². The summed E-state index contributed by atoms with van der Waals surface area (Å²) in [7, 11) is 0. The number of hydrogen-bond donors (Lipinski definition) is 1. The van der Waals surface area contributed by atoms with Crippen molar-refractivity contribution in [2.45, 2.75) is 13.0 Å². The van der Waals surface area contributed by atoms with Gasteiger partial charge in [0, 0.05) is 18.2 Å². The van der Waals surface area contributed by atoms with Crippen LogP contribution in [0.2, 0.25) is 0 Å². The minimum absolute atomic E-state index is 0.278. The van der Waals surface area contributed by atoms with Crippen LogP contribution in [0.4, 0.5) is 4.79 Å². The van der Waals surface area contributed by atoms with Gasteiger partial charge in [0.1, 0.15) is 6.61 Å². The molecule has 1 amide bonds. The Hall–Kier alpha value is -3.34. The van der Waals surface area contributed by atoms with E-state index in [-0.39, 0.29) is 6.61 Å². The summed E-state index contributed by atoms with van der Waals surface area (Å²) in [5.41, 5.74) is 3.04. The van der Waals surface area contributed by atoms with E-state index in [2.05, 4.69) is 10.5 Å². The second kappa shape index (κ2) is 9.22. The number of alkyl carbamates (subject to hydrolysis) is 1. The molecule has 0 aliphatic heterocycles. The molecule has 2 aromatic carbocycles. The van der Waals surface area contributed by atoms with Gasteiger partial charge in [-0.2, -0.15) is 0 Å². The van der Waals surface area contributed by atoms with Crippen molar-refractivity contribution in [3.8, 4) is 11.3 Å². The van der Waals surface area contributed by atoms with Crippen LogP contribution in [0.5, 0.6) is 0 Å².